The standard InChI is InChI=1S/C13H13N3O3/c1-19-12-6-8(14)2-3-10(12)16-13(18)9-7-15-5-4-11(9)17/h2-7H,14H2,1H3,(H,15,17)(H,16,18). The number of hydrogen-bond donors (Lipinski definition) is 3. The number of benzene rings is 1. The van der Waals surface area contributed by atoms with Crippen LogP contribution in [0.25, 0.3) is 0 Å². The molecule has 1 aromatic carbocycles. The highest BCUT2D eigenvalue weighted by atomic mass is 16.5. The van der Waals surface area contributed by atoms with Crippen molar-refractivity contribution in [2.45, 2.75) is 0 Å². The molecule has 98 valence electrons. The summed E-state index contributed by atoms with van der Waals surface area (Å²) in [5.74, 6) is -0.0781. The molecule has 0 aliphatic rings. The fraction of sp³-hybridized carbons (Fsp3) is 0.0769. The van der Waals surface area contributed by atoms with Crippen molar-refractivity contribution in [3.05, 3.63) is 52.4 Å². The lowest BCUT2D eigenvalue weighted by Crippen LogP contribution is -2.21. The summed E-state index contributed by atoms with van der Waals surface area (Å²) in [6, 6.07) is 6.12. The molecule has 0 bridgehead atoms. The van der Waals surface area contributed by atoms with E-state index in [1.165, 1.54) is 25.6 Å². The lowest BCUT2D eigenvalue weighted by atomic mass is 10.2. The van der Waals surface area contributed by atoms with Gasteiger partial charge in [-0.2, -0.15) is 0 Å². The highest BCUT2D eigenvalue weighted by molar-refractivity contribution is 6.04. The number of aromatic amines is 1. The van der Waals surface area contributed by atoms with E-state index in [0.29, 0.717) is 17.1 Å². The van der Waals surface area contributed by atoms with Gasteiger partial charge in [0.2, 0.25) is 0 Å². The van der Waals surface area contributed by atoms with Crippen molar-refractivity contribution >= 4 is 17.3 Å². The van der Waals surface area contributed by atoms with E-state index in [4.69, 9.17) is 10.5 Å². The predicted octanol–water partition coefficient (Wildman–Crippen LogP) is 1.22. The summed E-state index contributed by atoms with van der Waals surface area (Å²) in [5, 5.41) is 2.61. The minimum Gasteiger partial charge on any atom is -0.494 e. The number of amides is 1. The fourth-order valence-electron chi connectivity index (χ4n) is 1.59. The van der Waals surface area contributed by atoms with Gasteiger partial charge in [0.1, 0.15) is 11.3 Å². The molecule has 4 N–H and O–H groups in total. The average Bonchev–Trinajstić information content (AvgIpc) is 2.41. The molecule has 0 saturated heterocycles. The van der Waals surface area contributed by atoms with Gasteiger partial charge in [-0.25, -0.2) is 0 Å². The van der Waals surface area contributed by atoms with Gasteiger partial charge < -0.3 is 20.8 Å². The molecule has 0 unspecified atom stereocenters. The zero-order valence-corrected chi connectivity index (χ0v) is 10.3. The molecule has 0 fully saturated rings. The van der Waals surface area contributed by atoms with Crippen molar-refractivity contribution in [3.63, 3.8) is 0 Å². The maximum atomic E-state index is 12.0. The van der Waals surface area contributed by atoms with Crippen molar-refractivity contribution in [1.82, 2.24) is 4.98 Å². The second-order valence-electron chi connectivity index (χ2n) is 3.84. The van der Waals surface area contributed by atoms with Crippen LogP contribution in [-0.2, 0) is 0 Å². The largest absolute Gasteiger partial charge is 0.494 e. The van der Waals surface area contributed by atoms with E-state index in [1.54, 1.807) is 18.2 Å². The molecule has 1 amide bonds. The van der Waals surface area contributed by atoms with Gasteiger partial charge in [0, 0.05) is 30.2 Å². The third-order valence-electron chi connectivity index (χ3n) is 2.54. The van der Waals surface area contributed by atoms with Gasteiger partial charge in [-0.15, -0.1) is 0 Å². The van der Waals surface area contributed by atoms with E-state index in [0.717, 1.165) is 0 Å². The summed E-state index contributed by atoms with van der Waals surface area (Å²) in [4.78, 5) is 26.2. The van der Waals surface area contributed by atoms with Gasteiger partial charge in [-0.3, -0.25) is 9.59 Å². The Hall–Kier alpha value is -2.76. The molecule has 0 atom stereocenters. The van der Waals surface area contributed by atoms with Crippen LogP contribution in [0.2, 0.25) is 0 Å². The van der Waals surface area contributed by atoms with Crippen LogP contribution >= 0.6 is 0 Å². The van der Waals surface area contributed by atoms with E-state index in [2.05, 4.69) is 10.3 Å². The van der Waals surface area contributed by atoms with Crippen molar-refractivity contribution in [2.75, 3.05) is 18.2 Å². The van der Waals surface area contributed by atoms with Crippen molar-refractivity contribution in [1.29, 1.82) is 0 Å². The summed E-state index contributed by atoms with van der Waals surface area (Å²) in [7, 11) is 1.47. The Balaban J connectivity index is 2.29. The van der Waals surface area contributed by atoms with Crippen molar-refractivity contribution in [3.8, 4) is 5.75 Å². The van der Waals surface area contributed by atoms with E-state index in [9.17, 15) is 9.59 Å². The zero-order chi connectivity index (χ0) is 13.8. The van der Waals surface area contributed by atoms with Crippen LogP contribution in [0.1, 0.15) is 10.4 Å². The Bertz CT molecular complexity index is 664. The molecule has 0 aliphatic carbocycles. The number of rotatable bonds is 3. The highest BCUT2D eigenvalue weighted by Gasteiger charge is 2.12. The number of nitrogens with one attached hydrogen (secondary N) is 2. The van der Waals surface area contributed by atoms with Crippen molar-refractivity contribution in [2.24, 2.45) is 0 Å². The van der Waals surface area contributed by atoms with Gasteiger partial charge in [0.25, 0.3) is 5.91 Å². The number of carbonyl (C=O) groups is 1. The van der Waals surface area contributed by atoms with E-state index < -0.39 is 5.91 Å². The first kappa shape index (κ1) is 12.7. The zero-order valence-electron chi connectivity index (χ0n) is 10.3. The van der Waals surface area contributed by atoms with E-state index in [1.807, 2.05) is 0 Å². The number of pyridine rings is 1. The number of aromatic nitrogens is 1. The van der Waals surface area contributed by atoms with Crippen LogP contribution in [0.5, 0.6) is 5.75 Å². The SMILES string of the molecule is COc1cc(N)ccc1NC(=O)c1c[nH]ccc1=O. The highest BCUT2D eigenvalue weighted by Crippen LogP contribution is 2.26. The van der Waals surface area contributed by atoms with Gasteiger partial charge in [0.05, 0.1) is 12.8 Å². The summed E-state index contributed by atoms with van der Waals surface area (Å²) < 4.78 is 5.11. The number of nitrogens with two attached hydrogens (primary N) is 1. The molecule has 6 heteroatoms. The quantitative estimate of drug-likeness (QED) is 0.722. The molecule has 6 nitrogen and oxygen atoms in total. The molecular weight excluding hydrogens is 246 g/mol. The van der Waals surface area contributed by atoms with Gasteiger partial charge in [-0.1, -0.05) is 0 Å². The van der Waals surface area contributed by atoms with Gasteiger partial charge in [0.15, 0.2) is 5.43 Å². The molecule has 19 heavy (non-hydrogen) atoms. The minimum atomic E-state index is -0.509. The van der Waals surface area contributed by atoms with Crippen LogP contribution in [0, 0.1) is 0 Å². The fourth-order valence-corrected chi connectivity index (χ4v) is 1.59. The lowest BCUT2D eigenvalue weighted by Gasteiger charge is -2.10. The molecule has 1 heterocycles. The van der Waals surface area contributed by atoms with E-state index >= 15 is 0 Å². The van der Waals surface area contributed by atoms with Gasteiger partial charge >= 0.3 is 0 Å². The molecule has 0 saturated carbocycles. The summed E-state index contributed by atoms with van der Waals surface area (Å²) >= 11 is 0. The molecule has 2 rings (SSSR count). The van der Waals surface area contributed by atoms with Crippen molar-refractivity contribution < 1.29 is 9.53 Å². The molecule has 0 radical (unpaired) electrons. The second-order valence-corrected chi connectivity index (χ2v) is 3.84. The number of nitrogen functional groups attached to an aromatic ring is 1. The third-order valence-corrected chi connectivity index (χ3v) is 2.54. The van der Waals surface area contributed by atoms with Crippen LogP contribution < -0.4 is 21.2 Å². The van der Waals surface area contributed by atoms with Gasteiger partial charge in [-0.05, 0) is 12.1 Å². The Morgan fingerprint density at radius 2 is 2.16 bits per heavy atom. The average molecular weight is 259 g/mol. The maximum Gasteiger partial charge on any atom is 0.261 e. The monoisotopic (exact) mass is 259 g/mol. The Morgan fingerprint density at radius 1 is 1.37 bits per heavy atom. The first-order chi connectivity index (χ1) is 9.11. The summed E-state index contributed by atoms with van der Waals surface area (Å²) in [6.07, 6.45) is 2.81. The van der Waals surface area contributed by atoms with Crippen LogP contribution in [0.3, 0.4) is 0 Å². The van der Waals surface area contributed by atoms with Crippen LogP contribution in [0.15, 0.2) is 41.5 Å². The molecular formula is C13H13N3O3. The lowest BCUT2D eigenvalue weighted by molar-refractivity contribution is 0.102. The Kier molecular flexibility index (Phi) is 3.51. The number of methoxy groups -OCH3 is 1. The van der Waals surface area contributed by atoms with Crippen LogP contribution in [-0.4, -0.2) is 18.0 Å². The summed E-state index contributed by atoms with van der Waals surface area (Å²) in [5.41, 5.74) is 6.26. The topological polar surface area (TPSA) is 97.2 Å². The first-order valence-electron chi connectivity index (χ1n) is 5.54. The maximum absolute atomic E-state index is 12.0. The molecule has 0 aliphatic heterocycles. The normalized spacial score (nSPS) is 9.95. The Morgan fingerprint density at radius 3 is 2.84 bits per heavy atom. The minimum absolute atomic E-state index is 0.0291. The summed E-state index contributed by atoms with van der Waals surface area (Å²) in [6.45, 7) is 0. The molecule has 2 aromatic rings. The number of H-pyrrole nitrogens is 1. The number of carbonyl (C=O) groups excluding carboxylic acids is 1. The predicted molar refractivity (Wildman–Crippen MR) is 72.4 cm³/mol. The van der Waals surface area contributed by atoms with Crippen LogP contribution in [0.4, 0.5) is 11.4 Å². The smallest absolute Gasteiger partial charge is 0.261 e. The first-order valence-corrected chi connectivity index (χ1v) is 5.54. The Labute approximate surface area is 109 Å². The third kappa shape index (κ3) is 2.74. The molecule has 0 spiro atoms. The number of ether oxygens (including phenoxy) is 1. The number of hydrogen-bond acceptors (Lipinski definition) is 4. The number of anilines is 2. The molecule has 1 aromatic heterocycles. The van der Waals surface area contributed by atoms with E-state index in [-0.39, 0.29) is 11.0 Å². The second kappa shape index (κ2) is 5.26.